The van der Waals surface area contributed by atoms with Crippen LogP contribution in [0.3, 0.4) is 0 Å². The Hall–Kier alpha value is -1.40. The molecule has 0 amide bonds. The van der Waals surface area contributed by atoms with Gasteiger partial charge in [0.2, 0.25) is 5.88 Å². The van der Waals surface area contributed by atoms with Gasteiger partial charge >= 0.3 is 0 Å². The molecule has 0 spiro atoms. The lowest BCUT2D eigenvalue weighted by Crippen LogP contribution is -2.10. The third-order valence-electron chi connectivity index (χ3n) is 1.56. The first-order valence-corrected chi connectivity index (χ1v) is 4.60. The molecule has 0 bridgehead atoms. The van der Waals surface area contributed by atoms with Gasteiger partial charge in [0, 0.05) is 7.11 Å². The summed E-state index contributed by atoms with van der Waals surface area (Å²) in [6, 6.07) is 0. The van der Waals surface area contributed by atoms with Crippen LogP contribution in [0.1, 0.15) is 0 Å². The zero-order chi connectivity index (χ0) is 10.9. The summed E-state index contributed by atoms with van der Waals surface area (Å²) >= 11 is 0. The Labute approximate surface area is 88.4 Å². The number of nitrogen functional groups attached to an aromatic ring is 1. The Morgan fingerprint density at radius 2 is 1.93 bits per heavy atom. The van der Waals surface area contributed by atoms with Crippen molar-refractivity contribution >= 4 is 5.82 Å². The van der Waals surface area contributed by atoms with E-state index in [0.29, 0.717) is 38.1 Å². The van der Waals surface area contributed by atoms with E-state index in [-0.39, 0.29) is 0 Å². The van der Waals surface area contributed by atoms with Gasteiger partial charge in [0.05, 0.1) is 32.2 Å². The standard InChI is InChI=1S/C9H15N3O3/c1-13-2-3-14-4-5-15-9-7-11-8(10)6-12-9/h6-7H,2-5H2,1H3,(H2,10,11). The SMILES string of the molecule is COCCOCCOc1cnc(N)cn1. The molecule has 0 aliphatic heterocycles. The molecule has 0 aliphatic carbocycles. The van der Waals surface area contributed by atoms with Crippen LogP contribution >= 0.6 is 0 Å². The molecule has 1 aromatic rings. The lowest BCUT2D eigenvalue weighted by atomic mass is 10.6. The predicted molar refractivity (Wildman–Crippen MR) is 54.6 cm³/mol. The van der Waals surface area contributed by atoms with E-state index in [1.165, 1.54) is 12.4 Å². The van der Waals surface area contributed by atoms with E-state index in [4.69, 9.17) is 19.9 Å². The summed E-state index contributed by atoms with van der Waals surface area (Å²) in [5.41, 5.74) is 5.37. The highest BCUT2D eigenvalue weighted by Gasteiger charge is 1.95. The molecule has 0 saturated heterocycles. The maximum atomic E-state index is 5.37. The second kappa shape index (κ2) is 6.97. The van der Waals surface area contributed by atoms with Crippen molar-refractivity contribution in [2.75, 3.05) is 39.3 Å². The van der Waals surface area contributed by atoms with Crippen LogP contribution < -0.4 is 10.5 Å². The minimum atomic E-state index is 0.374. The largest absolute Gasteiger partial charge is 0.474 e. The van der Waals surface area contributed by atoms with Crippen molar-refractivity contribution in [2.24, 2.45) is 0 Å². The van der Waals surface area contributed by atoms with Crippen LogP contribution in [0.25, 0.3) is 0 Å². The number of nitrogens with two attached hydrogens (primary N) is 1. The van der Waals surface area contributed by atoms with Crippen molar-refractivity contribution in [2.45, 2.75) is 0 Å². The molecule has 6 nitrogen and oxygen atoms in total. The maximum Gasteiger partial charge on any atom is 0.232 e. The molecule has 0 atom stereocenters. The van der Waals surface area contributed by atoms with E-state index >= 15 is 0 Å². The fourth-order valence-corrected chi connectivity index (χ4v) is 0.850. The van der Waals surface area contributed by atoms with Crippen LogP contribution in [-0.4, -0.2) is 43.5 Å². The van der Waals surface area contributed by atoms with Gasteiger partial charge in [0.1, 0.15) is 12.4 Å². The zero-order valence-corrected chi connectivity index (χ0v) is 8.68. The van der Waals surface area contributed by atoms with Crippen molar-refractivity contribution < 1.29 is 14.2 Å². The summed E-state index contributed by atoms with van der Waals surface area (Å²) in [4.78, 5) is 7.76. The number of aromatic nitrogens is 2. The second-order valence-corrected chi connectivity index (χ2v) is 2.73. The fraction of sp³-hybridized carbons (Fsp3) is 0.556. The summed E-state index contributed by atoms with van der Waals surface area (Å²) in [7, 11) is 1.63. The van der Waals surface area contributed by atoms with E-state index in [2.05, 4.69) is 9.97 Å². The Bertz CT molecular complexity index is 266. The molecule has 6 heteroatoms. The molecule has 0 aliphatic rings. The lowest BCUT2D eigenvalue weighted by molar-refractivity contribution is 0.0536. The van der Waals surface area contributed by atoms with Gasteiger partial charge < -0.3 is 19.9 Å². The highest BCUT2D eigenvalue weighted by molar-refractivity contribution is 5.24. The van der Waals surface area contributed by atoms with Crippen LogP contribution in [0.4, 0.5) is 5.82 Å². The highest BCUT2D eigenvalue weighted by Crippen LogP contribution is 2.03. The molecule has 84 valence electrons. The van der Waals surface area contributed by atoms with Crippen LogP contribution in [-0.2, 0) is 9.47 Å². The molecule has 0 saturated carbocycles. The van der Waals surface area contributed by atoms with E-state index in [9.17, 15) is 0 Å². The maximum absolute atomic E-state index is 5.37. The number of anilines is 1. The van der Waals surface area contributed by atoms with Gasteiger partial charge in [-0.05, 0) is 0 Å². The molecule has 0 aromatic carbocycles. The summed E-state index contributed by atoms with van der Waals surface area (Å²) in [5, 5.41) is 0. The van der Waals surface area contributed by atoms with E-state index < -0.39 is 0 Å². The minimum absolute atomic E-state index is 0.374. The van der Waals surface area contributed by atoms with E-state index in [0.717, 1.165) is 0 Å². The second-order valence-electron chi connectivity index (χ2n) is 2.73. The minimum Gasteiger partial charge on any atom is -0.474 e. The molecule has 0 fully saturated rings. The quantitative estimate of drug-likeness (QED) is 0.647. The Balaban J connectivity index is 2.07. The molecule has 2 N–H and O–H groups in total. The lowest BCUT2D eigenvalue weighted by Gasteiger charge is -2.05. The van der Waals surface area contributed by atoms with Crippen molar-refractivity contribution in [1.29, 1.82) is 0 Å². The zero-order valence-electron chi connectivity index (χ0n) is 8.68. The summed E-state index contributed by atoms with van der Waals surface area (Å²) in [6.07, 6.45) is 2.92. The van der Waals surface area contributed by atoms with Crippen LogP contribution in [0, 0.1) is 0 Å². The highest BCUT2D eigenvalue weighted by atomic mass is 16.5. The predicted octanol–water partition coefficient (Wildman–Crippen LogP) is 0.101. The van der Waals surface area contributed by atoms with Crippen LogP contribution in [0.5, 0.6) is 5.88 Å². The molecular formula is C9H15N3O3. The summed E-state index contributed by atoms with van der Waals surface area (Å²) in [6.45, 7) is 2.08. The smallest absolute Gasteiger partial charge is 0.232 e. The molecule has 1 rings (SSSR count). The number of rotatable bonds is 7. The van der Waals surface area contributed by atoms with Crippen molar-refractivity contribution in [1.82, 2.24) is 9.97 Å². The van der Waals surface area contributed by atoms with Crippen molar-refractivity contribution in [3.63, 3.8) is 0 Å². The average molecular weight is 213 g/mol. The molecule has 0 radical (unpaired) electrons. The van der Waals surface area contributed by atoms with E-state index in [1.54, 1.807) is 7.11 Å². The fourth-order valence-electron chi connectivity index (χ4n) is 0.850. The molecule has 0 unspecified atom stereocenters. The number of nitrogens with zero attached hydrogens (tertiary/aromatic N) is 2. The normalized spacial score (nSPS) is 10.2. The van der Waals surface area contributed by atoms with Crippen molar-refractivity contribution in [3.8, 4) is 5.88 Å². The average Bonchev–Trinajstić information content (AvgIpc) is 2.26. The van der Waals surface area contributed by atoms with Gasteiger partial charge in [-0.3, -0.25) is 0 Å². The van der Waals surface area contributed by atoms with Gasteiger partial charge in [0.15, 0.2) is 0 Å². The Morgan fingerprint density at radius 3 is 2.60 bits per heavy atom. The van der Waals surface area contributed by atoms with Gasteiger partial charge in [-0.15, -0.1) is 0 Å². The van der Waals surface area contributed by atoms with Crippen LogP contribution in [0.2, 0.25) is 0 Å². The topological polar surface area (TPSA) is 79.5 Å². The first-order valence-electron chi connectivity index (χ1n) is 4.60. The number of methoxy groups -OCH3 is 1. The van der Waals surface area contributed by atoms with Gasteiger partial charge in [0.25, 0.3) is 0 Å². The molecule has 15 heavy (non-hydrogen) atoms. The number of hydrogen-bond acceptors (Lipinski definition) is 6. The van der Waals surface area contributed by atoms with Gasteiger partial charge in [-0.1, -0.05) is 0 Å². The number of hydrogen-bond donors (Lipinski definition) is 1. The summed E-state index contributed by atoms with van der Waals surface area (Å²) in [5.74, 6) is 0.818. The van der Waals surface area contributed by atoms with Gasteiger partial charge in [-0.25, -0.2) is 9.97 Å². The third-order valence-corrected chi connectivity index (χ3v) is 1.56. The molecule has 1 heterocycles. The first-order chi connectivity index (χ1) is 7.33. The molecular weight excluding hydrogens is 198 g/mol. The monoisotopic (exact) mass is 213 g/mol. The van der Waals surface area contributed by atoms with E-state index in [1.807, 2.05) is 0 Å². The Morgan fingerprint density at radius 1 is 1.13 bits per heavy atom. The number of ether oxygens (including phenoxy) is 3. The van der Waals surface area contributed by atoms with Crippen molar-refractivity contribution in [3.05, 3.63) is 12.4 Å². The first kappa shape index (κ1) is 11.7. The Kier molecular flexibility index (Phi) is 5.42. The third kappa shape index (κ3) is 5.14. The summed E-state index contributed by atoms with van der Waals surface area (Å²) < 4.78 is 15.3. The van der Waals surface area contributed by atoms with Gasteiger partial charge in [-0.2, -0.15) is 0 Å². The van der Waals surface area contributed by atoms with Crippen LogP contribution in [0.15, 0.2) is 12.4 Å². The molecule has 1 aromatic heterocycles.